The van der Waals surface area contributed by atoms with E-state index >= 15 is 0 Å². The van der Waals surface area contributed by atoms with Crippen LogP contribution in [0.1, 0.15) is 21.5 Å². The number of rotatable bonds is 3. The molecular formula is C18H17NO2. The lowest BCUT2D eigenvalue weighted by atomic mass is 10.0. The number of methoxy groups -OCH3 is 1. The van der Waals surface area contributed by atoms with E-state index in [1.54, 1.807) is 0 Å². The number of nitrogens with zero attached hydrogens (tertiary/aromatic N) is 1. The fraction of sp³-hybridized carbons (Fsp3) is 0.167. The van der Waals surface area contributed by atoms with Crippen molar-refractivity contribution in [1.82, 2.24) is 4.57 Å². The van der Waals surface area contributed by atoms with Crippen molar-refractivity contribution in [3.63, 3.8) is 0 Å². The average Bonchev–Trinajstić information content (AvgIpc) is 2.84. The Hall–Kier alpha value is -2.55. The van der Waals surface area contributed by atoms with Gasteiger partial charge in [-0.1, -0.05) is 30.3 Å². The molecule has 0 amide bonds. The Morgan fingerprint density at radius 3 is 2.52 bits per heavy atom. The molecule has 0 fully saturated rings. The maximum Gasteiger partial charge on any atom is 0.337 e. The smallest absolute Gasteiger partial charge is 0.337 e. The van der Waals surface area contributed by atoms with Crippen molar-refractivity contribution in [3.8, 4) is 0 Å². The number of para-hydroxylation sites is 1. The number of hydrogen-bond acceptors (Lipinski definition) is 2. The first-order valence-corrected chi connectivity index (χ1v) is 6.89. The molecule has 1 aromatic heterocycles. The van der Waals surface area contributed by atoms with Crippen LogP contribution in [0.25, 0.3) is 10.9 Å². The molecule has 2 aromatic carbocycles. The summed E-state index contributed by atoms with van der Waals surface area (Å²) in [7, 11) is 3.46. The van der Waals surface area contributed by atoms with E-state index in [4.69, 9.17) is 4.74 Å². The number of aromatic nitrogens is 1. The van der Waals surface area contributed by atoms with Crippen molar-refractivity contribution in [2.24, 2.45) is 7.05 Å². The van der Waals surface area contributed by atoms with Crippen LogP contribution in [0.3, 0.4) is 0 Å². The van der Waals surface area contributed by atoms with Gasteiger partial charge in [-0.25, -0.2) is 4.79 Å². The Balaban J connectivity index is 1.90. The Bertz CT molecular complexity index is 785. The minimum absolute atomic E-state index is 0.299. The van der Waals surface area contributed by atoms with Crippen LogP contribution in [-0.4, -0.2) is 17.6 Å². The highest BCUT2D eigenvalue weighted by atomic mass is 16.5. The molecule has 0 aliphatic rings. The van der Waals surface area contributed by atoms with Crippen LogP contribution in [0, 0.1) is 0 Å². The summed E-state index contributed by atoms with van der Waals surface area (Å²) in [4.78, 5) is 11.4. The van der Waals surface area contributed by atoms with E-state index in [1.807, 2.05) is 24.3 Å². The van der Waals surface area contributed by atoms with E-state index in [0.717, 1.165) is 6.42 Å². The van der Waals surface area contributed by atoms with Crippen LogP contribution < -0.4 is 0 Å². The van der Waals surface area contributed by atoms with E-state index in [0.29, 0.717) is 5.56 Å². The number of carbonyl (C=O) groups excluding carboxylic acids is 1. The molecule has 0 unspecified atom stereocenters. The monoisotopic (exact) mass is 279 g/mol. The second-order valence-corrected chi connectivity index (χ2v) is 5.15. The van der Waals surface area contributed by atoms with E-state index in [-0.39, 0.29) is 5.97 Å². The maximum atomic E-state index is 11.4. The molecule has 0 spiro atoms. The fourth-order valence-corrected chi connectivity index (χ4v) is 2.66. The first-order valence-electron chi connectivity index (χ1n) is 6.89. The molecule has 3 rings (SSSR count). The van der Waals surface area contributed by atoms with Gasteiger partial charge in [-0.2, -0.15) is 0 Å². The zero-order chi connectivity index (χ0) is 14.8. The zero-order valence-electron chi connectivity index (χ0n) is 12.2. The minimum Gasteiger partial charge on any atom is -0.465 e. The van der Waals surface area contributed by atoms with Crippen molar-refractivity contribution < 1.29 is 9.53 Å². The van der Waals surface area contributed by atoms with Gasteiger partial charge in [-0.05, 0) is 35.7 Å². The minimum atomic E-state index is -0.299. The van der Waals surface area contributed by atoms with E-state index in [9.17, 15) is 4.79 Å². The largest absolute Gasteiger partial charge is 0.465 e. The van der Waals surface area contributed by atoms with Crippen molar-refractivity contribution in [3.05, 3.63) is 71.4 Å². The Morgan fingerprint density at radius 2 is 1.81 bits per heavy atom. The molecule has 0 saturated carbocycles. The fourth-order valence-electron chi connectivity index (χ4n) is 2.66. The van der Waals surface area contributed by atoms with Crippen molar-refractivity contribution >= 4 is 16.9 Å². The molecule has 0 aliphatic carbocycles. The van der Waals surface area contributed by atoms with Crippen molar-refractivity contribution in [2.75, 3.05) is 7.11 Å². The topological polar surface area (TPSA) is 31.2 Å². The van der Waals surface area contributed by atoms with Crippen molar-refractivity contribution in [1.29, 1.82) is 0 Å². The molecule has 0 saturated heterocycles. The third-order valence-electron chi connectivity index (χ3n) is 3.75. The first-order chi connectivity index (χ1) is 10.2. The third-order valence-corrected chi connectivity index (χ3v) is 3.75. The lowest BCUT2D eigenvalue weighted by Gasteiger charge is -2.03. The summed E-state index contributed by atoms with van der Waals surface area (Å²) in [6.45, 7) is 0. The predicted octanol–water partition coefficient (Wildman–Crippen LogP) is 3.56. The van der Waals surface area contributed by atoms with E-state index in [1.165, 1.54) is 29.1 Å². The quantitative estimate of drug-likeness (QED) is 0.686. The zero-order valence-corrected chi connectivity index (χ0v) is 12.2. The number of carbonyl (C=O) groups is 1. The first kappa shape index (κ1) is 13.4. The SMILES string of the molecule is COC(=O)c1ccc(Cc2cn(C)c3ccccc23)cc1. The van der Waals surface area contributed by atoms with Crippen LogP contribution in [0.4, 0.5) is 0 Å². The molecule has 0 N–H and O–H groups in total. The van der Waals surface area contributed by atoms with Gasteiger partial charge in [0.2, 0.25) is 0 Å². The van der Waals surface area contributed by atoms with Gasteiger partial charge in [-0.15, -0.1) is 0 Å². The highest BCUT2D eigenvalue weighted by Gasteiger charge is 2.08. The molecule has 21 heavy (non-hydrogen) atoms. The Labute approximate surface area is 123 Å². The third kappa shape index (κ3) is 2.55. The highest BCUT2D eigenvalue weighted by Crippen LogP contribution is 2.23. The molecular weight excluding hydrogens is 262 g/mol. The number of aryl methyl sites for hydroxylation is 1. The second kappa shape index (κ2) is 5.44. The van der Waals surface area contributed by atoms with Gasteiger partial charge in [-0.3, -0.25) is 0 Å². The summed E-state index contributed by atoms with van der Waals surface area (Å²) in [5.41, 5.74) is 4.29. The molecule has 0 aliphatic heterocycles. The summed E-state index contributed by atoms with van der Waals surface area (Å²) in [5, 5.41) is 1.28. The number of fused-ring (bicyclic) bond motifs is 1. The average molecular weight is 279 g/mol. The molecule has 106 valence electrons. The Morgan fingerprint density at radius 1 is 1.10 bits per heavy atom. The van der Waals surface area contributed by atoms with Crippen molar-refractivity contribution in [2.45, 2.75) is 6.42 Å². The van der Waals surface area contributed by atoms with Gasteiger partial charge >= 0.3 is 5.97 Å². The lowest BCUT2D eigenvalue weighted by molar-refractivity contribution is 0.0600. The summed E-state index contributed by atoms with van der Waals surface area (Å²) >= 11 is 0. The maximum absolute atomic E-state index is 11.4. The van der Waals surface area contributed by atoms with Gasteiger partial charge in [0, 0.05) is 24.1 Å². The van der Waals surface area contributed by atoms with Gasteiger partial charge < -0.3 is 9.30 Å². The Kier molecular flexibility index (Phi) is 3.48. The molecule has 3 aromatic rings. The van der Waals surface area contributed by atoms with Gasteiger partial charge in [0.1, 0.15) is 0 Å². The number of benzene rings is 2. The van der Waals surface area contributed by atoms with E-state index < -0.39 is 0 Å². The second-order valence-electron chi connectivity index (χ2n) is 5.15. The summed E-state index contributed by atoms with van der Waals surface area (Å²) in [6.07, 6.45) is 3.02. The molecule has 0 atom stereocenters. The predicted molar refractivity (Wildman–Crippen MR) is 83.5 cm³/mol. The summed E-state index contributed by atoms with van der Waals surface area (Å²) < 4.78 is 6.86. The number of esters is 1. The number of hydrogen-bond donors (Lipinski definition) is 0. The van der Waals surface area contributed by atoms with Gasteiger partial charge in [0.15, 0.2) is 0 Å². The van der Waals surface area contributed by atoms with Crippen LogP contribution in [0.5, 0.6) is 0 Å². The number of ether oxygens (including phenoxy) is 1. The lowest BCUT2D eigenvalue weighted by Crippen LogP contribution is -2.00. The highest BCUT2D eigenvalue weighted by molar-refractivity contribution is 5.89. The van der Waals surface area contributed by atoms with Crippen LogP contribution in [-0.2, 0) is 18.2 Å². The van der Waals surface area contributed by atoms with E-state index in [2.05, 4.69) is 42.1 Å². The normalized spacial score (nSPS) is 10.8. The van der Waals surface area contributed by atoms with Crippen LogP contribution in [0.2, 0.25) is 0 Å². The van der Waals surface area contributed by atoms with Crippen LogP contribution >= 0.6 is 0 Å². The molecule has 3 nitrogen and oxygen atoms in total. The van der Waals surface area contributed by atoms with Gasteiger partial charge in [0.05, 0.1) is 12.7 Å². The molecule has 3 heteroatoms. The van der Waals surface area contributed by atoms with Gasteiger partial charge in [0.25, 0.3) is 0 Å². The standard InChI is InChI=1S/C18H17NO2/c1-19-12-15(16-5-3-4-6-17(16)19)11-13-7-9-14(10-8-13)18(20)21-2/h3-10,12H,11H2,1-2H3. The summed E-state index contributed by atoms with van der Waals surface area (Å²) in [6, 6.07) is 16.0. The van der Waals surface area contributed by atoms with Crippen LogP contribution in [0.15, 0.2) is 54.7 Å². The molecule has 0 radical (unpaired) electrons. The molecule has 1 heterocycles. The molecule has 0 bridgehead atoms. The summed E-state index contributed by atoms with van der Waals surface area (Å²) in [5.74, 6) is -0.299.